The van der Waals surface area contributed by atoms with Crippen LogP contribution in [0.1, 0.15) is 12.5 Å². The first-order valence-electron chi connectivity index (χ1n) is 4.14. The number of halogens is 1. The number of ether oxygens (including phenoxy) is 1. The molecule has 0 radical (unpaired) electrons. The summed E-state index contributed by atoms with van der Waals surface area (Å²) in [6, 6.07) is 5.74. The Morgan fingerprint density at radius 3 is 2.77 bits per heavy atom. The first kappa shape index (κ1) is 10.5. The first-order chi connectivity index (χ1) is 6.13. The number of rotatable bonds is 3. The lowest BCUT2D eigenvalue weighted by Crippen LogP contribution is -2.04. The fraction of sp³-hybridized carbons (Fsp3) is 0.400. The zero-order valence-corrected chi connectivity index (χ0v) is 9.34. The Hall–Kier alpha value is -0.540. The maximum atomic E-state index is 9.23. The van der Waals surface area contributed by atoms with Crippen molar-refractivity contribution in [3.05, 3.63) is 28.2 Å². The van der Waals surface area contributed by atoms with Crippen molar-refractivity contribution < 1.29 is 9.84 Å². The Balaban J connectivity index is 2.90. The van der Waals surface area contributed by atoms with Crippen LogP contribution in [0.25, 0.3) is 0 Å². The van der Waals surface area contributed by atoms with Gasteiger partial charge in [-0.3, -0.25) is 0 Å². The molecule has 0 unspecified atom stereocenters. The Labute approximate surface area is 86.7 Å². The van der Waals surface area contributed by atoms with E-state index >= 15 is 0 Å². The van der Waals surface area contributed by atoms with Crippen LogP contribution in [0.4, 0.5) is 0 Å². The summed E-state index contributed by atoms with van der Waals surface area (Å²) in [5, 5.41) is 9.23. The maximum absolute atomic E-state index is 9.23. The molecular weight excluding hydrogens is 232 g/mol. The first-order valence-corrected chi connectivity index (χ1v) is 4.93. The molecule has 0 amide bonds. The van der Waals surface area contributed by atoms with Crippen molar-refractivity contribution in [3.8, 4) is 5.75 Å². The minimum Gasteiger partial charge on any atom is -0.497 e. The fourth-order valence-electron chi connectivity index (χ4n) is 1.15. The molecule has 0 aliphatic carbocycles. The van der Waals surface area contributed by atoms with Gasteiger partial charge in [0, 0.05) is 4.47 Å². The smallest absolute Gasteiger partial charge is 0.119 e. The third-order valence-corrected chi connectivity index (χ3v) is 2.54. The van der Waals surface area contributed by atoms with E-state index in [4.69, 9.17) is 4.74 Å². The Kier molecular flexibility index (Phi) is 3.75. The summed E-state index contributed by atoms with van der Waals surface area (Å²) < 4.78 is 6.10. The molecule has 0 aromatic heterocycles. The van der Waals surface area contributed by atoms with E-state index in [1.165, 1.54) is 0 Å². The second-order valence-corrected chi connectivity index (χ2v) is 3.86. The van der Waals surface area contributed by atoms with E-state index in [-0.39, 0.29) is 6.10 Å². The van der Waals surface area contributed by atoms with Crippen molar-refractivity contribution in [2.75, 3.05) is 7.11 Å². The summed E-state index contributed by atoms with van der Waals surface area (Å²) in [6.45, 7) is 1.77. The molecular formula is C10H13BrO2. The molecule has 0 saturated carbocycles. The van der Waals surface area contributed by atoms with Crippen molar-refractivity contribution in [2.45, 2.75) is 19.4 Å². The van der Waals surface area contributed by atoms with Crippen LogP contribution in [0.3, 0.4) is 0 Å². The van der Waals surface area contributed by atoms with Crippen LogP contribution in [0.2, 0.25) is 0 Å². The van der Waals surface area contributed by atoms with Crippen LogP contribution in [-0.2, 0) is 6.42 Å². The molecule has 0 aliphatic rings. The molecule has 0 saturated heterocycles. The average Bonchev–Trinajstić information content (AvgIpc) is 2.08. The van der Waals surface area contributed by atoms with Gasteiger partial charge in [0.1, 0.15) is 5.75 Å². The van der Waals surface area contributed by atoms with Crippen molar-refractivity contribution in [1.29, 1.82) is 0 Å². The van der Waals surface area contributed by atoms with E-state index < -0.39 is 0 Å². The average molecular weight is 245 g/mol. The van der Waals surface area contributed by atoms with Gasteiger partial charge in [-0.1, -0.05) is 15.9 Å². The fourth-order valence-corrected chi connectivity index (χ4v) is 1.56. The minimum atomic E-state index is -0.330. The second-order valence-electron chi connectivity index (χ2n) is 3.01. The molecule has 1 N–H and O–H groups in total. The van der Waals surface area contributed by atoms with Crippen LogP contribution >= 0.6 is 15.9 Å². The van der Waals surface area contributed by atoms with Crippen molar-refractivity contribution >= 4 is 15.9 Å². The monoisotopic (exact) mass is 244 g/mol. The van der Waals surface area contributed by atoms with Gasteiger partial charge >= 0.3 is 0 Å². The lowest BCUT2D eigenvalue weighted by atomic mass is 10.1. The highest BCUT2D eigenvalue weighted by molar-refractivity contribution is 9.10. The highest BCUT2D eigenvalue weighted by Crippen LogP contribution is 2.23. The van der Waals surface area contributed by atoms with Gasteiger partial charge in [0.2, 0.25) is 0 Å². The van der Waals surface area contributed by atoms with Gasteiger partial charge in [-0.2, -0.15) is 0 Å². The van der Waals surface area contributed by atoms with Gasteiger partial charge in [-0.05, 0) is 37.1 Å². The molecule has 13 heavy (non-hydrogen) atoms. The lowest BCUT2D eigenvalue weighted by molar-refractivity contribution is 0.195. The standard InChI is InChI=1S/C10H13BrO2/c1-7(12)5-8-6-9(13-2)3-4-10(8)11/h3-4,6-7,12H,5H2,1-2H3/t7-/m0/s1. The summed E-state index contributed by atoms with van der Waals surface area (Å²) in [5.41, 5.74) is 1.06. The molecule has 1 aromatic rings. The SMILES string of the molecule is COc1ccc(Br)c(C[C@H](C)O)c1. The summed E-state index contributed by atoms with van der Waals surface area (Å²) in [6.07, 6.45) is 0.307. The molecule has 1 atom stereocenters. The van der Waals surface area contributed by atoms with Crippen LogP contribution < -0.4 is 4.74 Å². The molecule has 1 aromatic carbocycles. The molecule has 2 nitrogen and oxygen atoms in total. The molecule has 0 fully saturated rings. The number of hydrogen-bond acceptors (Lipinski definition) is 2. The predicted octanol–water partition coefficient (Wildman–Crippen LogP) is 2.38. The van der Waals surface area contributed by atoms with Crippen LogP contribution in [0, 0.1) is 0 Å². The van der Waals surface area contributed by atoms with Crippen LogP contribution in [0.5, 0.6) is 5.75 Å². The molecule has 1 rings (SSSR count). The van der Waals surface area contributed by atoms with Gasteiger partial charge in [-0.25, -0.2) is 0 Å². The molecule has 3 heteroatoms. The Morgan fingerprint density at radius 2 is 2.23 bits per heavy atom. The van der Waals surface area contributed by atoms with E-state index in [0.29, 0.717) is 6.42 Å². The van der Waals surface area contributed by atoms with Gasteiger partial charge in [-0.15, -0.1) is 0 Å². The second kappa shape index (κ2) is 4.63. The number of benzene rings is 1. The number of aliphatic hydroxyl groups is 1. The van der Waals surface area contributed by atoms with Crippen LogP contribution in [0.15, 0.2) is 22.7 Å². The third kappa shape index (κ3) is 3.01. The largest absolute Gasteiger partial charge is 0.497 e. The van der Waals surface area contributed by atoms with Crippen molar-refractivity contribution in [1.82, 2.24) is 0 Å². The zero-order valence-electron chi connectivity index (χ0n) is 7.75. The highest BCUT2D eigenvalue weighted by Gasteiger charge is 2.04. The molecule has 0 spiro atoms. The van der Waals surface area contributed by atoms with Gasteiger partial charge in [0.05, 0.1) is 13.2 Å². The molecule has 0 heterocycles. The zero-order chi connectivity index (χ0) is 9.84. The minimum absolute atomic E-state index is 0.330. The van der Waals surface area contributed by atoms with Crippen molar-refractivity contribution in [2.24, 2.45) is 0 Å². The normalized spacial score (nSPS) is 12.6. The molecule has 0 aliphatic heterocycles. The topological polar surface area (TPSA) is 29.5 Å². The van der Waals surface area contributed by atoms with E-state index in [1.54, 1.807) is 14.0 Å². The number of aliphatic hydroxyl groups excluding tert-OH is 1. The summed E-state index contributed by atoms with van der Waals surface area (Å²) in [7, 11) is 1.63. The summed E-state index contributed by atoms with van der Waals surface area (Å²) in [5.74, 6) is 0.818. The van der Waals surface area contributed by atoms with Crippen LogP contribution in [-0.4, -0.2) is 18.3 Å². The summed E-state index contributed by atoms with van der Waals surface area (Å²) in [4.78, 5) is 0. The van der Waals surface area contributed by atoms with Gasteiger partial charge in [0.15, 0.2) is 0 Å². The third-order valence-electron chi connectivity index (χ3n) is 1.77. The van der Waals surface area contributed by atoms with E-state index in [9.17, 15) is 5.11 Å². The molecule has 72 valence electrons. The van der Waals surface area contributed by atoms with E-state index in [1.807, 2.05) is 18.2 Å². The van der Waals surface area contributed by atoms with Crippen molar-refractivity contribution in [3.63, 3.8) is 0 Å². The Morgan fingerprint density at radius 1 is 1.54 bits per heavy atom. The van der Waals surface area contributed by atoms with Gasteiger partial charge < -0.3 is 9.84 Å². The van der Waals surface area contributed by atoms with Gasteiger partial charge in [0.25, 0.3) is 0 Å². The number of hydrogen-bond donors (Lipinski definition) is 1. The lowest BCUT2D eigenvalue weighted by Gasteiger charge is -2.08. The highest BCUT2D eigenvalue weighted by atomic mass is 79.9. The quantitative estimate of drug-likeness (QED) is 0.885. The predicted molar refractivity (Wildman–Crippen MR) is 56.1 cm³/mol. The van der Waals surface area contributed by atoms with E-state index in [2.05, 4.69) is 15.9 Å². The summed E-state index contributed by atoms with van der Waals surface area (Å²) >= 11 is 3.42. The molecule has 0 bridgehead atoms. The Bertz CT molecular complexity index is 284. The van der Waals surface area contributed by atoms with E-state index in [0.717, 1.165) is 15.8 Å². The number of methoxy groups -OCH3 is 1. The maximum Gasteiger partial charge on any atom is 0.119 e.